The molecule has 0 aliphatic carbocycles. The van der Waals surface area contributed by atoms with E-state index < -0.39 is 0 Å². The van der Waals surface area contributed by atoms with Gasteiger partial charge in [-0.15, -0.1) is 0 Å². The van der Waals surface area contributed by atoms with Crippen LogP contribution in [-0.2, 0) is 20.0 Å². The first-order valence-corrected chi connectivity index (χ1v) is 6.85. The van der Waals surface area contributed by atoms with Gasteiger partial charge in [0.15, 0.2) is 5.82 Å². The van der Waals surface area contributed by atoms with Gasteiger partial charge in [0.2, 0.25) is 0 Å². The van der Waals surface area contributed by atoms with Crippen LogP contribution in [0.25, 0.3) is 11.0 Å². The minimum atomic E-state index is 0.757. The Morgan fingerprint density at radius 1 is 1.05 bits per heavy atom. The highest BCUT2D eigenvalue weighted by molar-refractivity contribution is 5.85. The molecule has 0 amide bonds. The van der Waals surface area contributed by atoms with Crippen LogP contribution in [0.15, 0.2) is 42.9 Å². The summed E-state index contributed by atoms with van der Waals surface area (Å²) in [6.45, 7) is 2.92. The van der Waals surface area contributed by atoms with Crippen molar-refractivity contribution in [2.75, 3.05) is 5.32 Å². The smallest absolute Gasteiger partial charge is 0.154 e. The van der Waals surface area contributed by atoms with Crippen molar-refractivity contribution < 1.29 is 0 Å². The summed E-state index contributed by atoms with van der Waals surface area (Å²) < 4.78 is 2.00. The van der Waals surface area contributed by atoms with E-state index in [-0.39, 0.29) is 0 Å². The summed E-state index contributed by atoms with van der Waals surface area (Å²) in [4.78, 5) is 8.78. The third kappa shape index (κ3) is 2.37. The predicted molar refractivity (Wildman–Crippen MR) is 81.7 cm³/mol. The molecule has 3 rings (SSSR count). The lowest BCUT2D eigenvalue weighted by Gasteiger charge is -2.07. The summed E-state index contributed by atoms with van der Waals surface area (Å²) in [6.07, 6.45) is 4.70. The summed E-state index contributed by atoms with van der Waals surface area (Å²) in [5.41, 5.74) is 4.61. The number of anilines is 1. The van der Waals surface area contributed by atoms with Gasteiger partial charge in [-0.05, 0) is 23.6 Å². The second-order valence-electron chi connectivity index (χ2n) is 4.91. The fourth-order valence-corrected chi connectivity index (χ4v) is 2.27. The molecule has 0 unspecified atom stereocenters. The number of imidazole rings is 1. The van der Waals surface area contributed by atoms with E-state index in [0.717, 1.165) is 29.8 Å². The van der Waals surface area contributed by atoms with Crippen molar-refractivity contribution in [2.24, 2.45) is 7.05 Å². The van der Waals surface area contributed by atoms with Crippen molar-refractivity contribution >= 4 is 16.9 Å². The first-order valence-electron chi connectivity index (χ1n) is 6.85. The van der Waals surface area contributed by atoms with Crippen LogP contribution < -0.4 is 5.32 Å². The first kappa shape index (κ1) is 12.7. The minimum Gasteiger partial charge on any atom is -0.364 e. The molecular formula is C16H18N4. The van der Waals surface area contributed by atoms with Gasteiger partial charge in [-0.25, -0.2) is 9.97 Å². The van der Waals surface area contributed by atoms with Crippen LogP contribution in [-0.4, -0.2) is 14.5 Å². The number of aryl methyl sites for hydroxylation is 2. The van der Waals surface area contributed by atoms with Crippen molar-refractivity contribution in [3.63, 3.8) is 0 Å². The summed E-state index contributed by atoms with van der Waals surface area (Å²) in [6, 6.07) is 10.6. The van der Waals surface area contributed by atoms with Crippen molar-refractivity contribution in [3.8, 4) is 0 Å². The maximum absolute atomic E-state index is 4.40. The van der Waals surface area contributed by atoms with Gasteiger partial charge in [0.1, 0.15) is 5.52 Å². The monoisotopic (exact) mass is 266 g/mol. The summed E-state index contributed by atoms with van der Waals surface area (Å²) in [5, 5.41) is 3.37. The van der Waals surface area contributed by atoms with Crippen LogP contribution in [0.4, 0.5) is 5.82 Å². The summed E-state index contributed by atoms with van der Waals surface area (Å²) in [5.74, 6) is 0.836. The Labute approximate surface area is 118 Å². The molecule has 0 saturated carbocycles. The van der Waals surface area contributed by atoms with Crippen molar-refractivity contribution in [2.45, 2.75) is 19.9 Å². The Hall–Kier alpha value is -2.36. The lowest BCUT2D eigenvalue weighted by molar-refractivity contribution is 0.947. The highest BCUT2D eigenvalue weighted by Crippen LogP contribution is 2.19. The largest absolute Gasteiger partial charge is 0.364 e. The fraction of sp³-hybridized carbons (Fsp3) is 0.250. The molecule has 0 atom stereocenters. The number of nitrogens with zero attached hydrogens (tertiary/aromatic N) is 3. The Bertz CT molecular complexity index is 713. The number of hydrogen-bond acceptors (Lipinski definition) is 3. The lowest BCUT2D eigenvalue weighted by atomic mass is 10.1. The molecule has 1 N–H and O–H groups in total. The Morgan fingerprint density at radius 3 is 2.55 bits per heavy atom. The van der Waals surface area contributed by atoms with Crippen LogP contribution in [0.1, 0.15) is 18.1 Å². The predicted octanol–water partition coefficient (Wildman–Crippen LogP) is 3.14. The normalized spacial score (nSPS) is 10.9. The zero-order valence-corrected chi connectivity index (χ0v) is 11.8. The molecule has 1 aromatic carbocycles. The van der Waals surface area contributed by atoms with E-state index in [9.17, 15) is 0 Å². The fourth-order valence-electron chi connectivity index (χ4n) is 2.27. The molecule has 0 aliphatic rings. The molecule has 20 heavy (non-hydrogen) atoms. The highest BCUT2D eigenvalue weighted by atomic mass is 15.1. The van der Waals surface area contributed by atoms with Gasteiger partial charge < -0.3 is 9.88 Å². The molecule has 0 bridgehead atoms. The lowest BCUT2D eigenvalue weighted by Crippen LogP contribution is -2.02. The van der Waals surface area contributed by atoms with Gasteiger partial charge in [-0.2, -0.15) is 0 Å². The van der Waals surface area contributed by atoms with E-state index in [2.05, 4.69) is 46.5 Å². The maximum Gasteiger partial charge on any atom is 0.154 e. The molecule has 0 spiro atoms. The average Bonchev–Trinajstić information content (AvgIpc) is 2.88. The molecule has 3 aromatic rings. The van der Waals surface area contributed by atoms with Crippen molar-refractivity contribution in [1.29, 1.82) is 0 Å². The van der Waals surface area contributed by atoms with Crippen LogP contribution >= 0.6 is 0 Å². The molecule has 0 aliphatic heterocycles. The Balaban J connectivity index is 1.79. The highest BCUT2D eigenvalue weighted by Gasteiger charge is 2.06. The second kappa shape index (κ2) is 5.33. The minimum absolute atomic E-state index is 0.757. The number of hydrogen-bond donors (Lipinski definition) is 1. The number of pyridine rings is 1. The second-order valence-corrected chi connectivity index (χ2v) is 4.91. The van der Waals surface area contributed by atoms with Gasteiger partial charge in [0.05, 0.1) is 11.8 Å². The third-order valence-electron chi connectivity index (χ3n) is 3.53. The molecule has 2 heterocycles. The van der Waals surface area contributed by atoms with E-state index in [4.69, 9.17) is 0 Å². The van der Waals surface area contributed by atoms with E-state index in [1.54, 1.807) is 0 Å². The zero-order chi connectivity index (χ0) is 13.9. The zero-order valence-electron chi connectivity index (χ0n) is 11.8. The summed E-state index contributed by atoms with van der Waals surface area (Å²) in [7, 11) is 1.99. The molecule has 102 valence electrons. The Kier molecular flexibility index (Phi) is 3.37. The van der Waals surface area contributed by atoms with E-state index in [0.29, 0.717) is 0 Å². The number of fused-ring (bicyclic) bond motifs is 1. The van der Waals surface area contributed by atoms with E-state index >= 15 is 0 Å². The van der Waals surface area contributed by atoms with Crippen LogP contribution in [0.3, 0.4) is 0 Å². The Morgan fingerprint density at radius 2 is 1.80 bits per heavy atom. The van der Waals surface area contributed by atoms with Crippen LogP contribution in [0.2, 0.25) is 0 Å². The number of benzene rings is 1. The molecule has 4 nitrogen and oxygen atoms in total. The van der Waals surface area contributed by atoms with Gasteiger partial charge in [0.25, 0.3) is 0 Å². The molecule has 0 fully saturated rings. The third-order valence-corrected chi connectivity index (χ3v) is 3.53. The molecule has 2 aromatic heterocycles. The quantitative estimate of drug-likeness (QED) is 0.789. The van der Waals surface area contributed by atoms with Gasteiger partial charge >= 0.3 is 0 Å². The van der Waals surface area contributed by atoms with Crippen LogP contribution in [0.5, 0.6) is 0 Å². The molecule has 0 saturated heterocycles. The van der Waals surface area contributed by atoms with Crippen molar-refractivity contribution in [3.05, 3.63) is 54.0 Å². The SMILES string of the molecule is CCc1ccc(CNc2nccc3c2ncn3C)cc1. The number of rotatable bonds is 4. The topological polar surface area (TPSA) is 42.7 Å². The molecule has 0 radical (unpaired) electrons. The number of aromatic nitrogens is 3. The molecular weight excluding hydrogens is 248 g/mol. The maximum atomic E-state index is 4.40. The van der Waals surface area contributed by atoms with E-state index in [1.807, 2.05) is 30.2 Å². The average molecular weight is 266 g/mol. The standard InChI is InChI=1S/C16H18N4/c1-3-12-4-6-13(7-5-12)10-18-16-15-14(8-9-17-16)20(2)11-19-15/h4-9,11H,3,10H2,1-2H3,(H,17,18). The van der Waals surface area contributed by atoms with Gasteiger partial charge in [-0.1, -0.05) is 31.2 Å². The van der Waals surface area contributed by atoms with Gasteiger partial charge in [-0.3, -0.25) is 0 Å². The number of nitrogens with one attached hydrogen (secondary N) is 1. The van der Waals surface area contributed by atoms with Gasteiger partial charge in [0, 0.05) is 19.8 Å². The summed E-state index contributed by atoms with van der Waals surface area (Å²) >= 11 is 0. The molecule has 4 heteroatoms. The van der Waals surface area contributed by atoms with E-state index in [1.165, 1.54) is 11.1 Å². The van der Waals surface area contributed by atoms with Crippen LogP contribution in [0, 0.1) is 0 Å². The van der Waals surface area contributed by atoms with Crippen molar-refractivity contribution in [1.82, 2.24) is 14.5 Å². The first-order chi connectivity index (χ1) is 9.78.